The highest BCUT2D eigenvalue weighted by Crippen LogP contribution is 2.41. The highest BCUT2D eigenvalue weighted by molar-refractivity contribution is 6.16. The molecule has 30 heavy (non-hydrogen) atoms. The highest BCUT2D eigenvalue weighted by atomic mass is 16.3. The monoisotopic (exact) mass is 402 g/mol. The molecule has 7 heteroatoms. The van der Waals surface area contributed by atoms with Gasteiger partial charge in [0, 0.05) is 24.5 Å². The number of amides is 1. The zero-order valence-corrected chi connectivity index (χ0v) is 16.6. The number of aromatic nitrogens is 2. The van der Waals surface area contributed by atoms with Crippen molar-refractivity contribution in [2.75, 3.05) is 22.9 Å². The molecule has 1 saturated heterocycles. The number of hydrogen-bond acceptors (Lipinski definition) is 5. The number of Topliss-reactive ketones (excluding diaryl/α,β-unsaturated/α-hetero) is 1. The van der Waals surface area contributed by atoms with Crippen LogP contribution in [0.25, 0.3) is 11.0 Å². The molecule has 0 aliphatic carbocycles. The van der Waals surface area contributed by atoms with Gasteiger partial charge in [-0.15, -0.1) is 0 Å². The van der Waals surface area contributed by atoms with Gasteiger partial charge in [0.2, 0.25) is 0 Å². The van der Waals surface area contributed by atoms with Crippen LogP contribution in [0.15, 0.2) is 60.1 Å². The van der Waals surface area contributed by atoms with E-state index in [1.54, 1.807) is 12.4 Å². The summed E-state index contributed by atoms with van der Waals surface area (Å²) >= 11 is 0. The Labute approximate surface area is 173 Å². The summed E-state index contributed by atoms with van der Waals surface area (Å²) in [5.74, 6) is -1.38. The first-order valence-corrected chi connectivity index (χ1v) is 10.1. The van der Waals surface area contributed by atoms with Crippen LogP contribution in [0.1, 0.15) is 31.4 Å². The highest BCUT2D eigenvalue weighted by Gasteiger charge is 2.43. The lowest BCUT2D eigenvalue weighted by molar-refractivity contribution is -0.117. The average molecular weight is 402 g/mol. The van der Waals surface area contributed by atoms with Gasteiger partial charge in [0.15, 0.2) is 11.5 Å². The summed E-state index contributed by atoms with van der Waals surface area (Å²) in [6.07, 6.45) is 3.97. The minimum atomic E-state index is -0.678. The lowest BCUT2D eigenvalue weighted by atomic mass is 9.96. The third-order valence-electron chi connectivity index (χ3n) is 5.95. The van der Waals surface area contributed by atoms with E-state index >= 15 is 0 Å². The SMILES string of the molecule is CC(=O)C1=C(O)C(=O)N(c2ccc3nc[nH]c3c2)C1c1ccc(N2CCCC2)cc1. The Bertz CT molecular complexity index is 1170. The predicted octanol–water partition coefficient (Wildman–Crippen LogP) is 3.65. The fraction of sp³-hybridized carbons (Fsp3) is 0.261. The number of H-pyrrole nitrogens is 1. The molecule has 1 unspecified atom stereocenters. The number of anilines is 2. The van der Waals surface area contributed by atoms with E-state index < -0.39 is 17.7 Å². The molecular weight excluding hydrogens is 380 g/mol. The van der Waals surface area contributed by atoms with Crippen molar-refractivity contribution < 1.29 is 14.7 Å². The molecule has 0 radical (unpaired) electrons. The lowest BCUT2D eigenvalue weighted by Gasteiger charge is -2.27. The van der Waals surface area contributed by atoms with Crippen LogP contribution in [0.4, 0.5) is 11.4 Å². The molecule has 2 aliphatic heterocycles. The Morgan fingerprint density at radius 3 is 2.50 bits per heavy atom. The second-order valence-electron chi connectivity index (χ2n) is 7.79. The Morgan fingerprint density at radius 1 is 1.10 bits per heavy atom. The maximum absolute atomic E-state index is 13.0. The van der Waals surface area contributed by atoms with E-state index in [1.165, 1.54) is 24.7 Å². The van der Waals surface area contributed by atoms with Crippen LogP contribution in [0.2, 0.25) is 0 Å². The maximum Gasteiger partial charge on any atom is 0.294 e. The summed E-state index contributed by atoms with van der Waals surface area (Å²) < 4.78 is 0. The standard InChI is InChI=1S/C23H22N4O3/c1-14(28)20-21(15-4-6-16(7-5-15)26-10-2-3-11-26)27(23(30)22(20)29)17-8-9-18-19(12-17)25-13-24-18/h4-9,12-13,21,29H,2-3,10-11H2,1H3,(H,24,25). The van der Waals surface area contributed by atoms with Crippen molar-refractivity contribution in [1.82, 2.24) is 9.97 Å². The van der Waals surface area contributed by atoms with E-state index in [0.717, 1.165) is 35.4 Å². The third kappa shape index (κ3) is 2.85. The first-order valence-electron chi connectivity index (χ1n) is 10.1. The number of fused-ring (bicyclic) bond motifs is 1. The van der Waals surface area contributed by atoms with E-state index in [9.17, 15) is 14.7 Å². The van der Waals surface area contributed by atoms with E-state index in [-0.39, 0.29) is 11.4 Å². The number of benzene rings is 2. The summed E-state index contributed by atoms with van der Waals surface area (Å²) in [4.78, 5) is 36.4. The quantitative estimate of drug-likeness (QED) is 0.695. The van der Waals surface area contributed by atoms with Crippen molar-refractivity contribution in [3.05, 3.63) is 65.7 Å². The molecule has 2 N–H and O–H groups in total. The predicted molar refractivity (Wildman–Crippen MR) is 115 cm³/mol. The van der Waals surface area contributed by atoms with Gasteiger partial charge in [0.05, 0.1) is 29.0 Å². The van der Waals surface area contributed by atoms with Crippen molar-refractivity contribution in [2.45, 2.75) is 25.8 Å². The number of aromatic amines is 1. The van der Waals surface area contributed by atoms with Gasteiger partial charge in [0.1, 0.15) is 0 Å². The van der Waals surface area contributed by atoms with Gasteiger partial charge in [-0.1, -0.05) is 12.1 Å². The van der Waals surface area contributed by atoms with Crippen LogP contribution in [0, 0.1) is 0 Å². The number of aliphatic hydroxyl groups is 1. The molecule has 2 aromatic carbocycles. The Hall–Kier alpha value is -3.61. The first-order chi connectivity index (χ1) is 14.5. The Morgan fingerprint density at radius 2 is 1.80 bits per heavy atom. The van der Waals surface area contributed by atoms with E-state index in [2.05, 4.69) is 14.9 Å². The van der Waals surface area contributed by atoms with Crippen LogP contribution in [-0.4, -0.2) is 39.9 Å². The minimum absolute atomic E-state index is 0.124. The molecule has 152 valence electrons. The number of nitrogens with one attached hydrogen (secondary N) is 1. The van der Waals surface area contributed by atoms with Crippen molar-refractivity contribution in [3.63, 3.8) is 0 Å². The molecule has 1 amide bonds. The van der Waals surface area contributed by atoms with Gasteiger partial charge in [-0.2, -0.15) is 0 Å². The second-order valence-corrected chi connectivity index (χ2v) is 7.79. The number of carbonyl (C=O) groups excluding carboxylic acids is 2. The van der Waals surface area contributed by atoms with Crippen LogP contribution in [-0.2, 0) is 9.59 Å². The molecule has 0 saturated carbocycles. The van der Waals surface area contributed by atoms with Crippen molar-refractivity contribution in [2.24, 2.45) is 0 Å². The molecule has 7 nitrogen and oxygen atoms in total. The van der Waals surface area contributed by atoms with Crippen molar-refractivity contribution in [3.8, 4) is 0 Å². The molecule has 0 spiro atoms. The third-order valence-corrected chi connectivity index (χ3v) is 5.95. The zero-order chi connectivity index (χ0) is 20.8. The van der Waals surface area contributed by atoms with Gasteiger partial charge in [-0.05, 0) is 55.7 Å². The molecule has 1 fully saturated rings. The summed E-state index contributed by atoms with van der Waals surface area (Å²) in [7, 11) is 0. The topological polar surface area (TPSA) is 89.5 Å². The molecule has 3 aromatic rings. The Balaban J connectivity index is 1.58. The summed E-state index contributed by atoms with van der Waals surface area (Å²) in [6.45, 7) is 3.46. The van der Waals surface area contributed by atoms with Crippen molar-refractivity contribution >= 4 is 34.1 Å². The van der Waals surface area contributed by atoms with E-state index in [0.29, 0.717) is 5.69 Å². The van der Waals surface area contributed by atoms with Crippen LogP contribution < -0.4 is 9.80 Å². The molecule has 2 aliphatic rings. The number of hydrogen-bond donors (Lipinski definition) is 2. The molecule has 0 bridgehead atoms. The van der Waals surface area contributed by atoms with Crippen LogP contribution >= 0.6 is 0 Å². The molecule has 3 heterocycles. The van der Waals surface area contributed by atoms with Gasteiger partial charge in [-0.3, -0.25) is 14.5 Å². The number of imidazole rings is 1. The van der Waals surface area contributed by atoms with Crippen LogP contribution in [0.3, 0.4) is 0 Å². The van der Waals surface area contributed by atoms with Crippen molar-refractivity contribution in [1.29, 1.82) is 0 Å². The normalized spacial score (nSPS) is 19.4. The maximum atomic E-state index is 13.0. The summed E-state index contributed by atoms with van der Waals surface area (Å²) in [5.41, 5.74) is 4.18. The number of ketones is 1. The van der Waals surface area contributed by atoms with Crippen LogP contribution in [0.5, 0.6) is 0 Å². The Kier molecular flexibility index (Phi) is 4.31. The van der Waals surface area contributed by atoms with E-state index in [1.807, 2.05) is 36.4 Å². The first kappa shape index (κ1) is 18.4. The largest absolute Gasteiger partial charge is 0.503 e. The van der Waals surface area contributed by atoms with Gasteiger partial charge in [-0.25, -0.2) is 4.98 Å². The summed E-state index contributed by atoms with van der Waals surface area (Å²) in [6, 6.07) is 12.6. The molecule has 5 rings (SSSR count). The summed E-state index contributed by atoms with van der Waals surface area (Å²) in [5, 5.41) is 10.5. The van der Waals surface area contributed by atoms with Gasteiger partial charge < -0.3 is 15.0 Å². The number of nitrogens with zero attached hydrogens (tertiary/aromatic N) is 3. The average Bonchev–Trinajstić information content (AvgIpc) is 3.48. The second kappa shape index (κ2) is 7.02. The minimum Gasteiger partial charge on any atom is -0.503 e. The molecular formula is C23H22N4O3. The number of aliphatic hydroxyl groups excluding tert-OH is 1. The fourth-order valence-corrected chi connectivity index (χ4v) is 4.46. The number of carbonyl (C=O) groups is 2. The molecule has 1 aromatic heterocycles. The lowest BCUT2D eigenvalue weighted by Crippen LogP contribution is -2.30. The zero-order valence-electron chi connectivity index (χ0n) is 16.6. The van der Waals surface area contributed by atoms with Gasteiger partial charge >= 0.3 is 0 Å². The van der Waals surface area contributed by atoms with Gasteiger partial charge in [0.25, 0.3) is 5.91 Å². The molecule has 1 atom stereocenters. The fourth-order valence-electron chi connectivity index (χ4n) is 4.46. The smallest absolute Gasteiger partial charge is 0.294 e. The number of rotatable bonds is 4. The van der Waals surface area contributed by atoms with E-state index in [4.69, 9.17) is 0 Å².